The van der Waals surface area contributed by atoms with Crippen molar-refractivity contribution in [2.45, 2.75) is 6.42 Å². The first kappa shape index (κ1) is 16.7. The number of aliphatic hydroxyl groups excluding tert-OH is 1. The molecule has 2 rings (SSSR count). The molecule has 0 heterocycles. The van der Waals surface area contributed by atoms with Crippen LogP contribution < -0.4 is 10.2 Å². The molecule has 2 aromatic carbocycles. The molecule has 0 aliphatic rings. The standard InChI is InChI=1S/C18H20N2O3/c1-20(16-9-3-2-4-10-16)18(23)15-8-5-7-14(13-15)17(22)19-11-6-12-21/h2-5,7-10,13,21H,6,11-12H2,1H3,(H,19,22). The smallest absolute Gasteiger partial charge is 0.258 e. The van der Waals surface area contributed by atoms with E-state index in [2.05, 4.69) is 5.32 Å². The topological polar surface area (TPSA) is 69.6 Å². The van der Waals surface area contributed by atoms with E-state index in [1.165, 1.54) is 0 Å². The predicted octanol–water partition coefficient (Wildman–Crippen LogP) is 2.08. The number of hydrogen-bond acceptors (Lipinski definition) is 3. The van der Waals surface area contributed by atoms with Crippen molar-refractivity contribution in [3.05, 3.63) is 65.7 Å². The molecule has 0 aliphatic carbocycles. The maximum atomic E-state index is 12.5. The van der Waals surface area contributed by atoms with Gasteiger partial charge in [-0.15, -0.1) is 0 Å². The normalized spacial score (nSPS) is 10.2. The lowest BCUT2D eigenvalue weighted by molar-refractivity contribution is 0.0951. The number of amides is 2. The molecule has 0 aliphatic heterocycles. The van der Waals surface area contributed by atoms with Gasteiger partial charge >= 0.3 is 0 Å². The van der Waals surface area contributed by atoms with Crippen LogP contribution in [0.1, 0.15) is 27.1 Å². The first-order chi connectivity index (χ1) is 11.1. The molecule has 2 N–H and O–H groups in total. The third-order valence-corrected chi connectivity index (χ3v) is 3.44. The highest BCUT2D eigenvalue weighted by Crippen LogP contribution is 2.15. The van der Waals surface area contributed by atoms with Crippen LogP contribution in [0.5, 0.6) is 0 Å². The van der Waals surface area contributed by atoms with Crippen LogP contribution in [0.4, 0.5) is 5.69 Å². The van der Waals surface area contributed by atoms with E-state index in [1.807, 2.05) is 30.3 Å². The van der Waals surface area contributed by atoms with Crippen LogP contribution >= 0.6 is 0 Å². The number of carbonyl (C=O) groups is 2. The highest BCUT2D eigenvalue weighted by molar-refractivity contribution is 6.07. The molecule has 2 aromatic rings. The molecule has 23 heavy (non-hydrogen) atoms. The monoisotopic (exact) mass is 312 g/mol. The van der Waals surface area contributed by atoms with Crippen molar-refractivity contribution in [3.63, 3.8) is 0 Å². The van der Waals surface area contributed by atoms with Crippen LogP contribution in [-0.2, 0) is 0 Å². The number of para-hydroxylation sites is 1. The number of aliphatic hydroxyl groups is 1. The number of carbonyl (C=O) groups excluding carboxylic acids is 2. The molecule has 0 unspecified atom stereocenters. The van der Waals surface area contributed by atoms with Gasteiger partial charge < -0.3 is 15.3 Å². The summed E-state index contributed by atoms with van der Waals surface area (Å²) in [6.45, 7) is 0.429. The van der Waals surface area contributed by atoms with Gasteiger partial charge in [0.1, 0.15) is 0 Å². The second-order valence-electron chi connectivity index (χ2n) is 5.11. The number of hydrogen-bond donors (Lipinski definition) is 2. The maximum Gasteiger partial charge on any atom is 0.258 e. The van der Waals surface area contributed by atoms with Gasteiger partial charge in [0.25, 0.3) is 11.8 Å². The Labute approximate surface area is 135 Å². The van der Waals surface area contributed by atoms with E-state index in [4.69, 9.17) is 5.11 Å². The second kappa shape index (κ2) is 8.10. The van der Waals surface area contributed by atoms with E-state index in [0.717, 1.165) is 5.69 Å². The molecule has 0 aromatic heterocycles. The molecular weight excluding hydrogens is 292 g/mol. The summed E-state index contributed by atoms with van der Waals surface area (Å²) in [4.78, 5) is 26.1. The summed E-state index contributed by atoms with van der Waals surface area (Å²) in [5.41, 5.74) is 1.66. The molecule has 5 nitrogen and oxygen atoms in total. The fourth-order valence-electron chi connectivity index (χ4n) is 2.14. The molecule has 120 valence electrons. The maximum absolute atomic E-state index is 12.5. The van der Waals surface area contributed by atoms with E-state index in [0.29, 0.717) is 24.1 Å². The zero-order chi connectivity index (χ0) is 16.7. The van der Waals surface area contributed by atoms with E-state index >= 15 is 0 Å². The first-order valence-electron chi connectivity index (χ1n) is 7.45. The average Bonchev–Trinajstić information content (AvgIpc) is 2.61. The Hall–Kier alpha value is -2.66. The van der Waals surface area contributed by atoms with Crippen LogP contribution in [0.3, 0.4) is 0 Å². The molecule has 5 heteroatoms. The Bertz CT molecular complexity index is 671. The van der Waals surface area contributed by atoms with Gasteiger partial charge in [-0.1, -0.05) is 24.3 Å². The predicted molar refractivity (Wildman–Crippen MR) is 89.7 cm³/mol. The SMILES string of the molecule is CN(C(=O)c1cccc(C(=O)NCCCO)c1)c1ccccc1. The van der Waals surface area contributed by atoms with Crippen molar-refractivity contribution in [2.24, 2.45) is 0 Å². The molecule has 0 radical (unpaired) electrons. The third kappa shape index (κ3) is 4.40. The van der Waals surface area contributed by atoms with Gasteiger partial charge in [0.05, 0.1) is 0 Å². The molecule has 0 bridgehead atoms. The lowest BCUT2D eigenvalue weighted by atomic mass is 10.1. The molecule has 2 amide bonds. The Morgan fingerprint density at radius 2 is 1.74 bits per heavy atom. The Kier molecular flexibility index (Phi) is 5.88. The van der Waals surface area contributed by atoms with E-state index in [9.17, 15) is 9.59 Å². The van der Waals surface area contributed by atoms with Crippen molar-refractivity contribution in [1.82, 2.24) is 5.32 Å². The van der Waals surface area contributed by atoms with E-state index < -0.39 is 0 Å². The minimum atomic E-state index is -0.254. The Balaban J connectivity index is 2.12. The van der Waals surface area contributed by atoms with Crippen LogP contribution in [0, 0.1) is 0 Å². The lowest BCUT2D eigenvalue weighted by Gasteiger charge is -2.17. The molecule has 0 spiro atoms. The zero-order valence-corrected chi connectivity index (χ0v) is 13.0. The summed E-state index contributed by atoms with van der Waals surface area (Å²) in [6.07, 6.45) is 0.501. The van der Waals surface area contributed by atoms with Gasteiger partial charge in [0.15, 0.2) is 0 Å². The minimum Gasteiger partial charge on any atom is -0.396 e. The lowest BCUT2D eigenvalue weighted by Crippen LogP contribution is -2.28. The van der Waals surface area contributed by atoms with Crippen LogP contribution in [0.15, 0.2) is 54.6 Å². The molecule has 0 saturated heterocycles. The summed E-state index contributed by atoms with van der Waals surface area (Å²) < 4.78 is 0. The van der Waals surface area contributed by atoms with Crippen molar-refractivity contribution in [3.8, 4) is 0 Å². The fraction of sp³-hybridized carbons (Fsp3) is 0.222. The summed E-state index contributed by atoms with van der Waals surface area (Å²) in [7, 11) is 1.70. The highest BCUT2D eigenvalue weighted by atomic mass is 16.3. The molecule has 0 atom stereocenters. The van der Waals surface area contributed by atoms with Gasteiger partial charge in [-0.2, -0.15) is 0 Å². The number of nitrogens with one attached hydrogen (secondary N) is 1. The Morgan fingerprint density at radius 3 is 2.43 bits per heavy atom. The molecule has 0 fully saturated rings. The van der Waals surface area contributed by atoms with Crippen molar-refractivity contribution >= 4 is 17.5 Å². The summed E-state index contributed by atoms with van der Waals surface area (Å²) in [6, 6.07) is 15.9. The average molecular weight is 312 g/mol. The number of benzene rings is 2. The number of rotatable bonds is 6. The van der Waals surface area contributed by atoms with Gasteiger partial charge in [-0.05, 0) is 36.8 Å². The Morgan fingerprint density at radius 1 is 1.04 bits per heavy atom. The van der Waals surface area contributed by atoms with Gasteiger partial charge in [-0.25, -0.2) is 0 Å². The number of anilines is 1. The summed E-state index contributed by atoms with van der Waals surface area (Å²) >= 11 is 0. The van der Waals surface area contributed by atoms with Crippen molar-refractivity contribution < 1.29 is 14.7 Å². The minimum absolute atomic E-state index is 0.0284. The second-order valence-corrected chi connectivity index (χ2v) is 5.11. The molecule has 0 saturated carbocycles. The highest BCUT2D eigenvalue weighted by Gasteiger charge is 2.15. The first-order valence-corrected chi connectivity index (χ1v) is 7.45. The summed E-state index contributed by atoms with van der Waals surface area (Å²) in [5, 5.41) is 11.4. The summed E-state index contributed by atoms with van der Waals surface area (Å²) in [5.74, 6) is -0.434. The molecular formula is C18H20N2O3. The van der Waals surface area contributed by atoms with Crippen LogP contribution in [0.25, 0.3) is 0 Å². The van der Waals surface area contributed by atoms with Crippen molar-refractivity contribution in [1.29, 1.82) is 0 Å². The quantitative estimate of drug-likeness (QED) is 0.802. The third-order valence-electron chi connectivity index (χ3n) is 3.44. The zero-order valence-electron chi connectivity index (χ0n) is 13.0. The largest absolute Gasteiger partial charge is 0.396 e. The van der Waals surface area contributed by atoms with Crippen molar-refractivity contribution in [2.75, 3.05) is 25.1 Å². The number of nitrogens with zero attached hydrogens (tertiary/aromatic N) is 1. The van der Waals surface area contributed by atoms with Crippen LogP contribution in [-0.4, -0.2) is 37.1 Å². The van der Waals surface area contributed by atoms with Gasteiger partial charge in [0.2, 0.25) is 0 Å². The van der Waals surface area contributed by atoms with Gasteiger partial charge in [0, 0.05) is 37.0 Å². The van der Waals surface area contributed by atoms with E-state index in [1.54, 1.807) is 36.2 Å². The fourth-order valence-corrected chi connectivity index (χ4v) is 2.14. The van der Waals surface area contributed by atoms with Gasteiger partial charge in [-0.3, -0.25) is 9.59 Å². The van der Waals surface area contributed by atoms with E-state index in [-0.39, 0.29) is 18.4 Å². The van der Waals surface area contributed by atoms with Crippen LogP contribution in [0.2, 0.25) is 0 Å².